The molecule has 3 heterocycles. The first-order valence-electron chi connectivity index (χ1n) is 13.8. The summed E-state index contributed by atoms with van der Waals surface area (Å²) in [4.78, 5) is 27.6. The van der Waals surface area contributed by atoms with Gasteiger partial charge in [0.25, 0.3) is 17.8 Å². The smallest absolute Gasteiger partial charge is 0.270 e. The van der Waals surface area contributed by atoms with Gasteiger partial charge in [0.05, 0.1) is 12.6 Å². The quantitative estimate of drug-likeness (QED) is 0.204. The lowest BCUT2D eigenvalue weighted by atomic mass is 9.91. The Kier molecular flexibility index (Phi) is 9.06. The van der Waals surface area contributed by atoms with Crippen molar-refractivity contribution in [2.24, 2.45) is 5.92 Å². The molecule has 4 aromatic rings. The van der Waals surface area contributed by atoms with Crippen molar-refractivity contribution in [2.75, 3.05) is 18.4 Å². The number of amides is 2. The van der Waals surface area contributed by atoms with Gasteiger partial charge >= 0.3 is 0 Å². The number of H-pyrrole nitrogens is 1. The molecule has 10 nitrogen and oxygen atoms in total. The fraction of sp³-hybridized carbons (Fsp3) is 0.233. The van der Waals surface area contributed by atoms with Crippen LogP contribution >= 0.6 is 46.4 Å². The number of aromatic nitrogens is 4. The van der Waals surface area contributed by atoms with Crippen LogP contribution in [-0.4, -0.2) is 55.4 Å². The highest BCUT2D eigenvalue weighted by atomic mass is 35.5. The number of carbonyl (C=O) groups excluding carboxylic acids is 2. The number of allylic oxidation sites excluding steroid dienone is 1. The lowest BCUT2D eigenvalue weighted by molar-refractivity contribution is 0.0686. The molecule has 3 N–H and O–H groups in total. The van der Waals surface area contributed by atoms with E-state index in [0.29, 0.717) is 50.9 Å². The number of rotatable bonds is 7. The third-order valence-electron chi connectivity index (χ3n) is 7.63. The number of tetrazole rings is 1. The normalized spacial score (nSPS) is 17.1. The number of piperidine rings is 1. The van der Waals surface area contributed by atoms with Crippen molar-refractivity contribution in [3.63, 3.8) is 0 Å². The molecule has 44 heavy (non-hydrogen) atoms. The average molecular weight is 672 g/mol. The van der Waals surface area contributed by atoms with Crippen molar-refractivity contribution in [3.8, 4) is 0 Å². The van der Waals surface area contributed by atoms with E-state index < -0.39 is 0 Å². The molecule has 0 saturated carbocycles. The van der Waals surface area contributed by atoms with Gasteiger partial charge in [-0.2, -0.15) is 5.21 Å². The number of hydrogen-bond donors (Lipinski definition) is 3. The zero-order chi connectivity index (χ0) is 30.8. The van der Waals surface area contributed by atoms with E-state index in [1.165, 1.54) is 0 Å². The molecule has 6 rings (SSSR count). The molecule has 1 fully saturated rings. The maximum absolute atomic E-state index is 13.2. The van der Waals surface area contributed by atoms with Crippen LogP contribution < -0.4 is 10.7 Å². The average Bonchev–Trinajstić information content (AvgIpc) is 3.66. The summed E-state index contributed by atoms with van der Waals surface area (Å²) in [6.07, 6.45) is 3.76. The highest BCUT2D eigenvalue weighted by Crippen LogP contribution is 2.36. The lowest BCUT2D eigenvalue weighted by Crippen LogP contribution is -2.41. The zero-order valence-corrected chi connectivity index (χ0v) is 26.1. The Morgan fingerprint density at radius 2 is 1.50 bits per heavy atom. The number of anilines is 1. The van der Waals surface area contributed by atoms with Crippen molar-refractivity contribution < 1.29 is 9.59 Å². The minimum Gasteiger partial charge on any atom is -0.339 e. The third kappa shape index (κ3) is 7.00. The predicted molar refractivity (Wildman–Crippen MR) is 170 cm³/mol. The zero-order valence-electron chi connectivity index (χ0n) is 23.1. The summed E-state index contributed by atoms with van der Waals surface area (Å²) in [7, 11) is 0. The van der Waals surface area contributed by atoms with Crippen LogP contribution in [0, 0.1) is 5.92 Å². The third-order valence-corrected chi connectivity index (χ3v) is 8.50. The van der Waals surface area contributed by atoms with Crippen molar-refractivity contribution in [1.82, 2.24) is 36.0 Å². The summed E-state index contributed by atoms with van der Waals surface area (Å²) in [5.74, 6) is -0.115. The molecular weight excluding hydrogens is 646 g/mol. The second-order valence-corrected chi connectivity index (χ2v) is 12.3. The number of likely N-dealkylation sites (tertiary alicyclic amines) is 1. The van der Waals surface area contributed by atoms with Crippen molar-refractivity contribution in [1.29, 1.82) is 0 Å². The summed E-state index contributed by atoms with van der Waals surface area (Å²) in [5.41, 5.74) is 7.62. The first kappa shape index (κ1) is 30.4. The summed E-state index contributed by atoms with van der Waals surface area (Å²) in [6.45, 7) is 1.73. The van der Waals surface area contributed by atoms with Gasteiger partial charge in [-0.25, -0.2) is 5.43 Å². The second kappa shape index (κ2) is 13.1. The molecule has 2 aliphatic rings. The molecule has 1 unspecified atom stereocenters. The Morgan fingerprint density at radius 3 is 2.11 bits per heavy atom. The summed E-state index contributed by atoms with van der Waals surface area (Å²) in [5, 5.41) is 20.0. The highest BCUT2D eigenvalue weighted by molar-refractivity contribution is 6.35. The highest BCUT2D eigenvalue weighted by Gasteiger charge is 2.33. The Balaban J connectivity index is 1.18. The van der Waals surface area contributed by atoms with Gasteiger partial charge in [0.1, 0.15) is 0 Å². The molecule has 2 amide bonds. The largest absolute Gasteiger partial charge is 0.339 e. The Labute approximate surface area is 273 Å². The monoisotopic (exact) mass is 670 g/mol. The molecule has 1 saturated heterocycles. The van der Waals surface area contributed by atoms with E-state index in [1.54, 1.807) is 36.4 Å². The fourth-order valence-corrected chi connectivity index (χ4v) is 6.60. The molecule has 14 heteroatoms. The Morgan fingerprint density at radius 1 is 0.864 bits per heavy atom. The van der Waals surface area contributed by atoms with Crippen LogP contribution in [0.15, 0.2) is 72.4 Å². The first-order chi connectivity index (χ1) is 21.2. The number of benzene rings is 3. The van der Waals surface area contributed by atoms with Gasteiger partial charge in [-0.05, 0) is 83.8 Å². The van der Waals surface area contributed by atoms with Crippen molar-refractivity contribution in [2.45, 2.75) is 25.4 Å². The second-order valence-electron chi connectivity index (χ2n) is 10.6. The van der Waals surface area contributed by atoms with Crippen LogP contribution in [0.5, 0.6) is 0 Å². The summed E-state index contributed by atoms with van der Waals surface area (Å²) < 4.78 is 0. The van der Waals surface area contributed by atoms with Crippen LogP contribution in [0.25, 0.3) is 0 Å². The Bertz CT molecular complexity index is 1670. The van der Waals surface area contributed by atoms with Gasteiger partial charge in [-0.15, -0.1) is 5.10 Å². The van der Waals surface area contributed by atoms with Gasteiger partial charge in [-0.1, -0.05) is 63.6 Å². The van der Waals surface area contributed by atoms with Gasteiger partial charge in [0.15, 0.2) is 0 Å². The predicted octanol–water partition coefficient (Wildman–Crippen LogP) is 6.56. The molecule has 1 aromatic heterocycles. The number of aromatic amines is 1. The maximum Gasteiger partial charge on any atom is 0.270 e. The molecule has 1 atom stereocenters. The van der Waals surface area contributed by atoms with Crippen molar-refractivity contribution >= 4 is 64.2 Å². The number of hydrogen-bond acceptors (Lipinski definition) is 7. The first-order valence-corrected chi connectivity index (χ1v) is 15.3. The van der Waals surface area contributed by atoms with E-state index in [-0.39, 0.29) is 29.7 Å². The van der Waals surface area contributed by atoms with E-state index in [2.05, 4.69) is 42.5 Å². The van der Waals surface area contributed by atoms with E-state index >= 15 is 0 Å². The molecule has 2 aliphatic heterocycles. The standard InChI is InChI=1S/C30H26Cl4N8O2/c31-22-9-20(10-23(32)13-22)26-15-27(18-5-7-41(8-6-18)29(44)21-11-24(33)14-25(34)12-21)42(38-26)16-17-1-3-19(4-2-17)28(43)35-30-36-39-40-37-30/h1-4,9-15,18,26,38H,5-8,16H2,(H2,35,36,37,39,40,43). The van der Waals surface area contributed by atoms with Gasteiger partial charge in [0, 0.05) is 55.9 Å². The maximum atomic E-state index is 13.2. The lowest BCUT2D eigenvalue weighted by Gasteiger charge is -2.36. The number of nitrogens with zero attached hydrogens (tertiary/aromatic N) is 5. The minimum atomic E-state index is -0.336. The fourth-order valence-electron chi connectivity index (χ4n) is 5.53. The number of nitrogens with one attached hydrogen (secondary N) is 3. The molecule has 0 radical (unpaired) electrons. The van der Waals surface area contributed by atoms with E-state index in [9.17, 15) is 9.59 Å². The van der Waals surface area contributed by atoms with E-state index in [4.69, 9.17) is 46.4 Å². The summed E-state index contributed by atoms with van der Waals surface area (Å²) >= 11 is 25.0. The number of hydrazine groups is 1. The molecule has 0 bridgehead atoms. The SMILES string of the molecule is O=C(Nc1nn[nH]n1)c1ccc(CN2NC(c3cc(Cl)cc(Cl)c3)C=C2C2CCN(C(=O)c3cc(Cl)cc(Cl)c3)CC2)cc1. The van der Waals surface area contributed by atoms with Crippen molar-refractivity contribution in [3.05, 3.63) is 115 Å². The van der Waals surface area contributed by atoms with Crippen LogP contribution in [0.4, 0.5) is 5.95 Å². The van der Waals surface area contributed by atoms with E-state index in [1.807, 2.05) is 29.2 Å². The Hall–Kier alpha value is -3.67. The number of halogens is 4. The molecular formula is C30H26Cl4N8O2. The minimum absolute atomic E-state index is 0.0851. The topological polar surface area (TPSA) is 119 Å². The molecule has 3 aromatic carbocycles. The molecule has 0 spiro atoms. The van der Waals surface area contributed by atoms with Crippen LogP contribution in [-0.2, 0) is 6.54 Å². The van der Waals surface area contributed by atoms with Crippen LogP contribution in [0.2, 0.25) is 20.1 Å². The molecule has 0 aliphatic carbocycles. The number of carbonyl (C=O) groups is 2. The van der Waals surface area contributed by atoms with Gasteiger partial charge < -0.3 is 9.91 Å². The molecule has 226 valence electrons. The van der Waals surface area contributed by atoms with Gasteiger partial charge in [0.2, 0.25) is 0 Å². The van der Waals surface area contributed by atoms with Gasteiger partial charge in [-0.3, -0.25) is 14.9 Å². The van der Waals surface area contributed by atoms with E-state index in [0.717, 1.165) is 29.7 Å². The van der Waals surface area contributed by atoms with Crippen LogP contribution in [0.1, 0.15) is 50.7 Å². The summed E-state index contributed by atoms with van der Waals surface area (Å²) in [6, 6.07) is 17.6. The van der Waals surface area contributed by atoms with Crippen LogP contribution in [0.3, 0.4) is 0 Å².